The van der Waals surface area contributed by atoms with Crippen molar-refractivity contribution in [3.63, 3.8) is 0 Å². The van der Waals surface area contributed by atoms with Crippen LogP contribution in [0.25, 0.3) is 0 Å². The Balaban J connectivity index is 2.15. The minimum atomic E-state index is -1.17. The third-order valence-electron chi connectivity index (χ3n) is 4.88. The quantitative estimate of drug-likeness (QED) is 0.322. The smallest absolute Gasteiger partial charge is 0.326 e. The van der Waals surface area contributed by atoms with E-state index in [1.807, 2.05) is 12.3 Å². The lowest BCUT2D eigenvalue weighted by molar-refractivity contribution is -0.142. The molecule has 0 aliphatic carbocycles. The van der Waals surface area contributed by atoms with E-state index in [2.05, 4.69) is 10.6 Å². The molecule has 0 fully saturated rings. The SMILES string of the molecule is CSCC[C@H](N)C(=O)N[C@@H](Cc1ccc(O)cc1)C(=O)N[C@@H](Cc1ccccc1)C(=O)O. The molecule has 2 amide bonds. The zero-order valence-corrected chi connectivity index (χ0v) is 18.7. The van der Waals surface area contributed by atoms with E-state index in [1.54, 1.807) is 48.2 Å². The summed E-state index contributed by atoms with van der Waals surface area (Å²) in [5.41, 5.74) is 7.39. The van der Waals surface area contributed by atoms with Crippen molar-refractivity contribution in [1.82, 2.24) is 10.6 Å². The van der Waals surface area contributed by atoms with Gasteiger partial charge in [0.05, 0.1) is 6.04 Å². The number of phenols is 1. The highest BCUT2D eigenvalue weighted by molar-refractivity contribution is 7.98. The number of carboxylic acid groups (broad SMARTS) is 1. The van der Waals surface area contributed by atoms with Crippen LogP contribution in [0, 0.1) is 0 Å². The maximum absolute atomic E-state index is 13.0. The monoisotopic (exact) mass is 459 g/mol. The van der Waals surface area contributed by atoms with E-state index < -0.39 is 35.9 Å². The van der Waals surface area contributed by atoms with Crippen LogP contribution in [0.4, 0.5) is 0 Å². The summed E-state index contributed by atoms with van der Waals surface area (Å²) in [6, 6.07) is 12.2. The first-order valence-electron chi connectivity index (χ1n) is 10.2. The van der Waals surface area contributed by atoms with E-state index in [0.717, 1.165) is 5.56 Å². The third kappa shape index (κ3) is 8.24. The Morgan fingerprint density at radius 1 is 0.906 bits per heavy atom. The van der Waals surface area contributed by atoms with Gasteiger partial charge in [-0.3, -0.25) is 9.59 Å². The van der Waals surface area contributed by atoms with Gasteiger partial charge in [0.25, 0.3) is 0 Å². The number of carboxylic acids is 1. The second-order valence-electron chi connectivity index (χ2n) is 7.41. The Kier molecular flexibility index (Phi) is 10.0. The molecule has 0 spiro atoms. The Morgan fingerprint density at radius 2 is 1.47 bits per heavy atom. The van der Waals surface area contributed by atoms with E-state index in [0.29, 0.717) is 17.7 Å². The first-order chi connectivity index (χ1) is 15.3. The molecule has 0 aliphatic heterocycles. The van der Waals surface area contributed by atoms with Gasteiger partial charge in [-0.05, 0) is 41.7 Å². The molecule has 0 saturated carbocycles. The Bertz CT molecular complexity index is 892. The largest absolute Gasteiger partial charge is 0.508 e. The van der Waals surface area contributed by atoms with E-state index in [1.165, 1.54) is 12.1 Å². The molecule has 0 bridgehead atoms. The molecule has 8 nitrogen and oxygen atoms in total. The molecule has 0 unspecified atom stereocenters. The number of thioether (sulfide) groups is 1. The standard InChI is InChI=1S/C23H29N3O5S/c1-32-12-11-18(24)21(28)25-19(13-16-7-9-17(27)10-8-16)22(29)26-20(23(30)31)14-15-5-3-2-4-6-15/h2-10,18-20,27H,11-14,24H2,1H3,(H,25,28)(H,26,29)(H,30,31)/t18-,19-,20-/m0/s1. The van der Waals surface area contributed by atoms with Crippen LogP contribution in [0.1, 0.15) is 17.5 Å². The Morgan fingerprint density at radius 3 is 2.06 bits per heavy atom. The summed E-state index contributed by atoms with van der Waals surface area (Å²) in [5, 5.41) is 24.3. The van der Waals surface area contributed by atoms with Crippen molar-refractivity contribution in [2.75, 3.05) is 12.0 Å². The fourth-order valence-electron chi connectivity index (χ4n) is 3.05. The predicted molar refractivity (Wildman–Crippen MR) is 124 cm³/mol. The van der Waals surface area contributed by atoms with Crippen molar-refractivity contribution in [3.05, 3.63) is 65.7 Å². The van der Waals surface area contributed by atoms with Gasteiger partial charge in [0.15, 0.2) is 0 Å². The number of hydrogen-bond acceptors (Lipinski definition) is 6. The van der Waals surface area contributed by atoms with E-state index in [4.69, 9.17) is 5.73 Å². The van der Waals surface area contributed by atoms with E-state index >= 15 is 0 Å². The lowest BCUT2D eigenvalue weighted by Gasteiger charge is -2.23. The minimum absolute atomic E-state index is 0.0756. The molecule has 0 saturated heterocycles. The summed E-state index contributed by atoms with van der Waals surface area (Å²) in [4.78, 5) is 37.3. The molecule has 2 aromatic carbocycles. The number of phenolic OH excluding ortho intramolecular Hbond substituents is 1. The van der Waals surface area contributed by atoms with Crippen LogP contribution < -0.4 is 16.4 Å². The molecule has 32 heavy (non-hydrogen) atoms. The normalized spacial score (nSPS) is 13.6. The Hall–Kier alpha value is -3.04. The molecule has 6 N–H and O–H groups in total. The molecule has 0 aromatic heterocycles. The molecular weight excluding hydrogens is 430 g/mol. The van der Waals surface area contributed by atoms with E-state index in [-0.39, 0.29) is 18.6 Å². The summed E-state index contributed by atoms with van der Waals surface area (Å²) >= 11 is 1.56. The fraction of sp³-hybridized carbons (Fsp3) is 0.348. The number of carbonyl (C=O) groups is 3. The molecule has 2 aromatic rings. The molecule has 9 heteroatoms. The Labute approximate surface area is 191 Å². The van der Waals surface area contributed by atoms with Crippen molar-refractivity contribution in [2.45, 2.75) is 37.4 Å². The predicted octanol–water partition coefficient (Wildman–Crippen LogP) is 1.31. The number of amides is 2. The number of aromatic hydroxyl groups is 1. The van der Waals surface area contributed by atoms with Gasteiger partial charge in [-0.2, -0.15) is 11.8 Å². The van der Waals surface area contributed by atoms with Gasteiger partial charge in [-0.15, -0.1) is 0 Å². The second kappa shape index (κ2) is 12.7. The van der Waals surface area contributed by atoms with Gasteiger partial charge in [0.1, 0.15) is 17.8 Å². The molecule has 0 heterocycles. The summed E-state index contributed by atoms with van der Waals surface area (Å²) < 4.78 is 0. The topological polar surface area (TPSA) is 142 Å². The number of benzene rings is 2. The zero-order valence-electron chi connectivity index (χ0n) is 17.9. The average molecular weight is 460 g/mol. The second-order valence-corrected chi connectivity index (χ2v) is 8.39. The van der Waals surface area contributed by atoms with Gasteiger partial charge >= 0.3 is 5.97 Å². The summed E-state index contributed by atoms with van der Waals surface area (Å²) in [7, 11) is 0. The molecule has 0 radical (unpaired) electrons. The summed E-state index contributed by atoms with van der Waals surface area (Å²) in [6.45, 7) is 0. The molecule has 2 rings (SSSR count). The average Bonchev–Trinajstić information content (AvgIpc) is 2.78. The van der Waals surface area contributed by atoms with Crippen molar-refractivity contribution < 1.29 is 24.6 Å². The number of nitrogens with two attached hydrogens (primary N) is 1. The van der Waals surface area contributed by atoms with E-state index in [9.17, 15) is 24.6 Å². The first kappa shape index (κ1) is 25.2. The molecule has 0 aliphatic rings. The minimum Gasteiger partial charge on any atom is -0.508 e. The molecular formula is C23H29N3O5S. The number of hydrogen-bond donors (Lipinski definition) is 5. The summed E-state index contributed by atoms with van der Waals surface area (Å²) in [6.07, 6.45) is 2.58. The maximum atomic E-state index is 13.0. The zero-order chi connectivity index (χ0) is 23.5. The molecule has 3 atom stereocenters. The van der Waals surface area contributed by atoms with Crippen LogP contribution in [0.15, 0.2) is 54.6 Å². The van der Waals surface area contributed by atoms with Gasteiger partial charge in [-0.1, -0.05) is 42.5 Å². The fourth-order valence-corrected chi connectivity index (χ4v) is 3.54. The van der Waals surface area contributed by atoms with Crippen molar-refractivity contribution in [1.29, 1.82) is 0 Å². The van der Waals surface area contributed by atoms with Crippen molar-refractivity contribution in [2.24, 2.45) is 5.73 Å². The highest BCUT2D eigenvalue weighted by atomic mass is 32.2. The number of aliphatic carboxylic acids is 1. The molecule has 172 valence electrons. The highest BCUT2D eigenvalue weighted by Crippen LogP contribution is 2.12. The van der Waals surface area contributed by atoms with Gasteiger partial charge < -0.3 is 26.6 Å². The van der Waals surface area contributed by atoms with Crippen LogP contribution in [-0.4, -0.2) is 58.1 Å². The van der Waals surface area contributed by atoms with Crippen LogP contribution in [0.5, 0.6) is 5.75 Å². The first-order valence-corrected chi connectivity index (χ1v) is 11.6. The number of carbonyl (C=O) groups excluding carboxylic acids is 2. The van der Waals surface area contributed by atoms with Gasteiger partial charge in [0, 0.05) is 12.8 Å². The van der Waals surface area contributed by atoms with Gasteiger partial charge in [-0.25, -0.2) is 4.79 Å². The van der Waals surface area contributed by atoms with Crippen molar-refractivity contribution >= 4 is 29.5 Å². The van der Waals surface area contributed by atoms with Crippen LogP contribution in [-0.2, 0) is 27.2 Å². The van der Waals surface area contributed by atoms with Crippen molar-refractivity contribution in [3.8, 4) is 5.75 Å². The van der Waals surface area contributed by atoms with Crippen LogP contribution in [0.2, 0.25) is 0 Å². The highest BCUT2D eigenvalue weighted by Gasteiger charge is 2.28. The number of rotatable bonds is 12. The lowest BCUT2D eigenvalue weighted by Crippen LogP contribution is -2.55. The van der Waals surface area contributed by atoms with Crippen LogP contribution >= 0.6 is 11.8 Å². The number of nitrogens with one attached hydrogen (secondary N) is 2. The van der Waals surface area contributed by atoms with Crippen LogP contribution in [0.3, 0.4) is 0 Å². The lowest BCUT2D eigenvalue weighted by atomic mass is 10.0. The summed E-state index contributed by atoms with van der Waals surface area (Å²) in [5.74, 6) is -1.50. The maximum Gasteiger partial charge on any atom is 0.326 e. The third-order valence-corrected chi connectivity index (χ3v) is 5.52. The van der Waals surface area contributed by atoms with Gasteiger partial charge in [0.2, 0.25) is 11.8 Å².